The molecule has 3 aromatic rings. The van der Waals surface area contributed by atoms with Gasteiger partial charge in [0, 0.05) is 17.4 Å². The first-order valence-corrected chi connectivity index (χ1v) is 7.37. The van der Waals surface area contributed by atoms with Gasteiger partial charge in [-0.3, -0.25) is 0 Å². The number of rotatable bonds is 4. The Morgan fingerprint density at radius 3 is 2.45 bits per heavy atom. The molecule has 0 atom stereocenters. The predicted octanol–water partition coefficient (Wildman–Crippen LogP) is 3.59. The summed E-state index contributed by atoms with van der Waals surface area (Å²) in [4.78, 5) is 8.58. The van der Waals surface area contributed by atoms with Crippen LogP contribution in [0.25, 0.3) is 5.82 Å². The zero-order valence-corrected chi connectivity index (χ0v) is 13.0. The molecule has 0 saturated carbocycles. The zero-order valence-electron chi connectivity index (χ0n) is 13.0. The van der Waals surface area contributed by atoms with Gasteiger partial charge in [0.2, 0.25) is 0 Å². The summed E-state index contributed by atoms with van der Waals surface area (Å²) < 4.78 is 1.82. The minimum atomic E-state index is 0.752. The van der Waals surface area contributed by atoms with Crippen molar-refractivity contribution in [2.45, 2.75) is 27.2 Å². The van der Waals surface area contributed by atoms with Crippen molar-refractivity contribution in [1.29, 1.82) is 0 Å². The van der Waals surface area contributed by atoms with Gasteiger partial charge in [0.25, 0.3) is 0 Å². The summed E-state index contributed by atoms with van der Waals surface area (Å²) in [5.41, 5.74) is 4.35. The fourth-order valence-electron chi connectivity index (χ4n) is 2.36. The van der Waals surface area contributed by atoms with Crippen LogP contribution in [0.15, 0.2) is 42.7 Å². The molecule has 0 spiro atoms. The Hall–Kier alpha value is -2.69. The standard InChI is InChI=1S/C17H19N5/c1-4-14-5-7-15(8-6-14)20-16-10-17(19-11-18-16)22-13(3)9-12(2)21-22/h5-11H,4H2,1-3H3,(H,18,19,20). The van der Waals surface area contributed by atoms with Crippen LogP contribution in [0.2, 0.25) is 0 Å². The van der Waals surface area contributed by atoms with Crippen LogP contribution in [-0.4, -0.2) is 19.7 Å². The summed E-state index contributed by atoms with van der Waals surface area (Å²) in [6.45, 7) is 6.13. The summed E-state index contributed by atoms with van der Waals surface area (Å²) in [7, 11) is 0. The largest absolute Gasteiger partial charge is 0.340 e. The van der Waals surface area contributed by atoms with Crippen molar-refractivity contribution < 1.29 is 0 Å². The predicted molar refractivity (Wildman–Crippen MR) is 87.7 cm³/mol. The fourth-order valence-corrected chi connectivity index (χ4v) is 2.36. The van der Waals surface area contributed by atoms with E-state index < -0.39 is 0 Å². The van der Waals surface area contributed by atoms with Crippen molar-refractivity contribution in [2.75, 3.05) is 5.32 Å². The van der Waals surface area contributed by atoms with E-state index in [0.29, 0.717) is 0 Å². The van der Waals surface area contributed by atoms with Crippen molar-refractivity contribution in [1.82, 2.24) is 19.7 Å². The maximum atomic E-state index is 4.45. The maximum Gasteiger partial charge on any atom is 0.159 e. The summed E-state index contributed by atoms with van der Waals surface area (Å²) in [5.74, 6) is 1.51. The van der Waals surface area contributed by atoms with Crippen molar-refractivity contribution in [3.8, 4) is 5.82 Å². The average Bonchev–Trinajstić information content (AvgIpc) is 2.87. The first-order valence-electron chi connectivity index (χ1n) is 7.37. The molecule has 0 aliphatic heterocycles. The second-order valence-corrected chi connectivity index (χ2v) is 5.28. The molecular formula is C17H19N5. The van der Waals surface area contributed by atoms with Crippen LogP contribution >= 0.6 is 0 Å². The molecule has 0 saturated heterocycles. The highest BCUT2D eigenvalue weighted by Crippen LogP contribution is 2.17. The van der Waals surface area contributed by atoms with Gasteiger partial charge in [0.1, 0.15) is 12.1 Å². The maximum absolute atomic E-state index is 4.45. The molecule has 0 aliphatic carbocycles. The topological polar surface area (TPSA) is 55.6 Å². The summed E-state index contributed by atoms with van der Waals surface area (Å²) in [6.07, 6.45) is 2.59. The Labute approximate surface area is 130 Å². The molecule has 3 rings (SSSR count). The molecule has 5 heteroatoms. The lowest BCUT2D eigenvalue weighted by Gasteiger charge is -2.08. The monoisotopic (exact) mass is 293 g/mol. The summed E-state index contributed by atoms with van der Waals surface area (Å²) in [5, 5.41) is 7.75. The van der Waals surface area contributed by atoms with E-state index in [9.17, 15) is 0 Å². The molecule has 0 aliphatic rings. The van der Waals surface area contributed by atoms with Crippen LogP contribution in [0.3, 0.4) is 0 Å². The number of anilines is 2. The van der Waals surface area contributed by atoms with E-state index in [-0.39, 0.29) is 0 Å². The molecule has 0 amide bonds. The highest BCUT2D eigenvalue weighted by atomic mass is 15.3. The first kappa shape index (κ1) is 14.3. The van der Waals surface area contributed by atoms with Gasteiger partial charge < -0.3 is 5.32 Å². The van der Waals surface area contributed by atoms with Gasteiger partial charge in [0.15, 0.2) is 5.82 Å². The molecule has 2 heterocycles. The Morgan fingerprint density at radius 2 is 1.82 bits per heavy atom. The molecular weight excluding hydrogens is 274 g/mol. The van der Waals surface area contributed by atoms with Crippen LogP contribution in [0.1, 0.15) is 23.9 Å². The van der Waals surface area contributed by atoms with Crippen molar-refractivity contribution in [2.24, 2.45) is 0 Å². The highest BCUT2D eigenvalue weighted by molar-refractivity contribution is 5.57. The second kappa shape index (κ2) is 5.97. The number of nitrogens with zero attached hydrogens (tertiary/aromatic N) is 4. The minimum absolute atomic E-state index is 0.752. The number of aryl methyl sites for hydroxylation is 3. The van der Waals surface area contributed by atoms with Crippen molar-refractivity contribution in [3.63, 3.8) is 0 Å². The minimum Gasteiger partial charge on any atom is -0.340 e. The molecule has 2 aromatic heterocycles. The van der Waals surface area contributed by atoms with Gasteiger partial charge in [0.05, 0.1) is 5.69 Å². The molecule has 0 unspecified atom stereocenters. The second-order valence-electron chi connectivity index (χ2n) is 5.28. The Balaban J connectivity index is 1.86. The number of aromatic nitrogens is 4. The lowest BCUT2D eigenvalue weighted by molar-refractivity contribution is 0.801. The van der Waals surface area contributed by atoms with E-state index in [4.69, 9.17) is 0 Å². The van der Waals surface area contributed by atoms with E-state index in [1.807, 2.05) is 30.7 Å². The van der Waals surface area contributed by atoms with Crippen LogP contribution < -0.4 is 5.32 Å². The molecule has 112 valence electrons. The van der Waals surface area contributed by atoms with Crippen LogP contribution in [0, 0.1) is 13.8 Å². The Bertz CT molecular complexity index is 774. The number of benzene rings is 1. The average molecular weight is 293 g/mol. The normalized spacial score (nSPS) is 10.7. The van der Waals surface area contributed by atoms with Crippen LogP contribution in [0.5, 0.6) is 0 Å². The van der Waals surface area contributed by atoms with E-state index in [1.165, 1.54) is 5.56 Å². The summed E-state index contributed by atoms with van der Waals surface area (Å²) >= 11 is 0. The number of nitrogens with one attached hydrogen (secondary N) is 1. The molecule has 0 fully saturated rings. The third-order valence-corrected chi connectivity index (χ3v) is 3.51. The smallest absolute Gasteiger partial charge is 0.159 e. The highest BCUT2D eigenvalue weighted by Gasteiger charge is 2.06. The number of hydrogen-bond donors (Lipinski definition) is 1. The van der Waals surface area contributed by atoms with Crippen LogP contribution in [-0.2, 0) is 6.42 Å². The van der Waals surface area contributed by atoms with E-state index in [2.05, 4.69) is 51.6 Å². The van der Waals surface area contributed by atoms with Crippen molar-refractivity contribution in [3.05, 3.63) is 59.7 Å². The fraction of sp³-hybridized carbons (Fsp3) is 0.235. The van der Waals surface area contributed by atoms with Gasteiger partial charge in [-0.05, 0) is 44.0 Å². The molecule has 5 nitrogen and oxygen atoms in total. The molecule has 0 radical (unpaired) electrons. The molecule has 1 N–H and O–H groups in total. The Kier molecular flexibility index (Phi) is 3.87. The van der Waals surface area contributed by atoms with Crippen molar-refractivity contribution >= 4 is 11.5 Å². The van der Waals surface area contributed by atoms with E-state index in [1.54, 1.807) is 6.33 Å². The Morgan fingerprint density at radius 1 is 1.05 bits per heavy atom. The van der Waals surface area contributed by atoms with Crippen LogP contribution in [0.4, 0.5) is 11.5 Å². The van der Waals surface area contributed by atoms with E-state index >= 15 is 0 Å². The lowest BCUT2D eigenvalue weighted by Crippen LogP contribution is -2.04. The molecule has 1 aromatic carbocycles. The lowest BCUT2D eigenvalue weighted by atomic mass is 10.1. The van der Waals surface area contributed by atoms with Gasteiger partial charge in [-0.15, -0.1) is 0 Å². The third-order valence-electron chi connectivity index (χ3n) is 3.51. The SMILES string of the molecule is CCc1ccc(Nc2cc(-n3nc(C)cc3C)ncn2)cc1. The van der Waals surface area contributed by atoms with Gasteiger partial charge in [-0.25, -0.2) is 14.6 Å². The van der Waals surface area contributed by atoms with Gasteiger partial charge >= 0.3 is 0 Å². The van der Waals surface area contributed by atoms with Gasteiger partial charge in [-0.2, -0.15) is 5.10 Å². The molecule has 0 bridgehead atoms. The number of hydrogen-bond acceptors (Lipinski definition) is 4. The quantitative estimate of drug-likeness (QED) is 0.798. The summed E-state index contributed by atoms with van der Waals surface area (Å²) in [6, 6.07) is 12.3. The van der Waals surface area contributed by atoms with Gasteiger partial charge in [-0.1, -0.05) is 19.1 Å². The zero-order chi connectivity index (χ0) is 15.5. The molecule has 22 heavy (non-hydrogen) atoms. The first-order chi connectivity index (χ1) is 10.7. The van der Waals surface area contributed by atoms with E-state index in [0.717, 1.165) is 35.1 Å². The third kappa shape index (κ3) is 2.98.